The van der Waals surface area contributed by atoms with Gasteiger partial charge in [0.1, 0.15) is 0 Å². The van der Waals surface area contributed by atoms with Crippen LogP contribution in [0.3, 0.4) is 0 Å². The monoisotopic (exact) mass is 182 g/mol. The Morgan fingerprint density at radius 2 is 1.92 bits per heavy atom. The van der Waals surface area contributed by atoms with Crippen LogP contribution in [0.1, 0.15) is 53.4 Å². The minimum absolute atomic E-state index is 0.166. The Kier molecular flexibility index (Phi) is 1.69. The number of fused-ring (bicyclic) bond motifs is 2. The quantitative estimate of drug-likeness (QED) is 0.661. The summed E-state index contributed by atoms with van der Waals surface area (Å²) in [7, 11) is 0. The molecule has 2 aliphatic rings. The fraction of sp³-hybridized carbons (Fsp3) is 1.00. The molecule has 0 aromatic rings. The lowest BCUT2D eigenvalue weighted by Crippen LogP contribution is -2.46. The van der Waals surface area contributed by atoms with Gasteiger partial charge in [-0.1, -0.05) is 27.7 Å². The van der Waals surface area contributed by atoms with Crippen LogP contribution in [-0.4, -0.2) is 10.7 Å². The van der Waals surface area contributed by atoms with Crippen molar-refractivity contribution >= 4 is 0 Å². The van der Waals surface area contributed by atoms with Crippen LogP contribution in [0.2, 0.25) is 0 Å². The van der Waals surface area contributed by atoms with Crippen LogP contribution in [0.5, 0.6) is 0 Å². The summed E-state index contributed by atoms with van der Waals surface area (Å²) < 4.78 is 0. The molecule has 13 heavy (non-hydrogen) atoms. The van der Waals surface area contributed by atoms with E-state index in [1.807, 2.05) is 0 Å². The highest BCUT2D eigenvalue weighted by molar-refractivity contribution is 5.17. The largest absolute Gasteiger partial charge is 0.389 e. The molecule has 0 unspecified atom stereocenters. The Morgan fingerprint density at radius 3 is 2.15 bits per heavy atom. The van der Waals surface area contributed by atoms with E-state index in [1.54, 1.807) is 0 Å². The highest BCUT2D eigenvalue weighted by atomic mass is 16.3. The van der Waals surface area contributed by atoms with Crippen LogP contribution in [0.4, 0.5) is 0 Å². The molecule has 2 fully saturated rings. The molecule has 1 N–H and O–H groups in total. The molecule has 0 aromatic heterocycles. The Balaban J connectivity index is 2.44. The summed E-state index contributed by atoms with van der Waals surface area (Å²) in [6.07, 6.45) is 4.50. The van der Waals surface area contributed by atoms with Gasteiger partial charge in [-0.3, -0.25) is 0 Å². The molecule has 0 aromatic carbocycles. The van der Waals surface area contributed by atoms with Gasteiger partial charge in [-0.05, 0) is 37.0 Å². The van der Waals surface area contributed by atoms with Crippen molar-refractivity contribution in [3.63, 3.8) is 0 Å². The molecule has 0 aliphatic heterocycles. The van der Waals surface area contributed by atoms with E-state index in [2.05, 4.69) is 27.7 Å². The van der Waals surface area contributed by atoms with Gasteiger partial charge in [0.05, 0.1) is 5.60 Å². The molecule has 0 amide bonds. The molecule has 0 saturated heterocycles. The lowest BCUT2D eigenvalue weighted by atomic mass is 9.64. The predicted octanol–water partition coefficient (Wildman–Crippen LogP) is 2.97. The normalized spacial score (nSPS) is 52.8. The molecule has 0 radical (unpaired) electrons. The van der Waals surface area contributed by atoms with E-state index in [0.717, 1.165) is 18.8 Å². The zero-order valence-corrected chi connectivity index (χ0v) is 9.35. The Morgan fingerprint density at radius 1 is 1.31 bits per heavy atom. The van der Waals surface area contributed by atoms with Gasteiger partial charge in [-0.25, -0.2) is 0 Å². The van der Waals surface area contributed by atoms with E-state index < -0.39 is 0 Å². The molecule has 2 rings (SSSR count). The smallest absolute Gasteiger partial charge is 0.0706 e. The summed E-state index contributed by atoms with van der Waals surface area (Å²) in [6.45, 7) is 9.11. The van der Waals surface area contributed by atoms with Gasteiger partial charge >= 0.3 is 0 Å². The van der Waals surface area contributed by atoms with Gasteiger partial charge in [0, 0.05) is 5.41 Å². The fourth-order valence-electron chi connectivity index (χ4n) is 3.95. The summed E-state index contributed by atoms with van der Waals surface area (Å²) in [5.74, 6) is 0.752. The average Bonchev–Trinajstić information content (AvgIpc) is 2.36. The van der Waals surface area contributed by atoms with Gasteiger partial charge in [-0.2, -0.15) is 0 Å². The maximum Gasteiger partial charge on any atom is 0.0706 e. The van der Waals surface area contributed by atoms with E-state index in [4.69, 9.17) is 0 Å². The first-order valence-corrected chi connectivity index (χ1v) is 5.60. The van der Waals surface area contributed by atoms with Gasteiger partial charge in [0.25, 0.3) is 0 Å². The van der Waals surface area contributed by atoms with E-state index in [9.17, 15) is 5.11 Å². The second-order valence-electron chi connectivity index (χ2n) is 5.88. The lowest BCUT2D eigenvalue weighted by molar-refractivity contribution is -0.0914. The first-order chi connectivity index (χ1) is 5.87. The third-order valence-corrected chi connectivity index (χ3v) is 5.63. The van der Waals surface area contributed by atoms with Crippen molar-refractivity contribution in [3.8, 4) is 0 Å². The van der Waals surface area contributed by atoms with Crippen molar-refractivity contribution in [1.82, 2.24) is 0 Å². The molecule has 2 saturated carbocycles. The highest BCUT2D eigenvalue weighted by Crippen LogP contribution is 2.70. The molecule has 76 valence electrons. The second kappa shape index (κ2) is 2.31. The number of hydrogen-bond acceptors (Lipinski definition) is 1. The minimum atomic E-state index is -0.376. The highest BCUT2D eigenvalue weighted by Gasteiger charge is 2.67. The van der Waals surface area contributed by atoms with Crippen LogP contribution in [0.25, 0.3) is 0 Å². The maximum atomic E-state index is 10.6. The molecular formula is C12H22O. The Hall–Kier alpha value is -0.0400. The topological polar surface area (TPSA) is 20.2 Å². The van der Waals surface area contributed by atoms with Gasteiger partial charge in [0.2, 0.25) is 0 Å². The Bertz CT molecular complexity index is 233. The van der Waals surface area contributed by atoms with E-state index in [-0.39, 0.29) is 11.0 Å². The van der Waals surface area contributed by atoms with Crippen molar-refractivity contribution < 1.29 is 5.11 Å². The lowest BCUT2D eigenvalue weighted by Gasteiger charge is -2.45. The Labute approximate surface area is 81.5 Å². The van der Waals surface area contributed by atoms with Gasteiger partial charge in [0.15, 0.2) is 0 Å². The third kappa shape index (κ3) is 0.823. The number of aliphatic hydroxyl groups is 1. The van der Waals surface area contributed by atoms with Crippen LogP contribution in [0, 0.1) is 16.7 Å². The third-order valence-electron chi connectivity index (χ3n) is 5.63. The SMILES string of the molecule is CC[C@@]1(O)C[C@H]2CC[C@]1(C)C2(C)C. The molecule has 0 spiro atoms. The van der Waals surface area contributed by atoms with Crippen molar-refractivity contribution in [2.75, 3.05) is 0 Å². The van der Waals surface area contributed by atoms with Crippen molar-refractivity contribution in [3.05, 3.63) is 0 Å². The summed E-state index contributed by atoms with van der Waals surface area (Å²) in [5, 5.41) is 10.6. The first kappa shape index (κ1) is 9.51. The predicted molar refractivity (Wildman–Crippen MR) is 54.5 cm³/mol. The van der Waals surface area contributed by atoms with E-state index in [1.165, 1.54) is 12.8 Å². The summed E-state index contributed by atoms with van der Waals surface area (Å²) in [5.41, 5.74) is 0.136. The molecule has 2 aliphatic carbocycles. The molecule has 0 heterocycles. The van der Waals surface area contributed by atoms with Crippen molar-refractivity contribution in [2.45, 2.75) is 59.0 Å². The summed E-state index contributed by atoms with van der Waals surface area (Å²) >= 11 is 0. The van der Waals surface area contributed by atoms with Crippen LogP contribution in [0.15, 0.2) is 0 Å². The fourth-order valence-corrected chi connectivity index (χ4v) is 3.95. The number of rotatable bonds is 1. The van der Waals surface area contributed by atoms with Crippen LogP contribution >= 0.6 is 0 Å². The van der Waals surface area contributed by atoms with Gasteiger partial charge < -0.3 is 5.11 Å². The van der Waals surface area contributed by atoms with Crippen LogP contribution < -0.4 is 0 Å². The van der Waals surface area contributed by atoms with Gasteiger partial charge in [-0.15, -0.1) is 0 Å². The molecule has 1 nitrogen and oxygen atoms in total. The van der Waals surface area contributed by atoms with E-state index >= 15 is 0 Å². The number of hydrogen-bond donors (Lipinski definition) is 1. The van der Waals surface area contributed by atoms with Crippen LogP contribution in [-0.2, 0) is 0 Å². The summed E-state index contributed by atoms with van der Waals surface area (Å²) in [4.78, 5) is 0. The standard InChI is InChI=1S/C12H22O/c1-5-12(13)8-9-6-7-11(12,4)10(9,2)3/h9,13H,5-8H2,1-4H3/t9-,11-,12-/m1/s1. The zero-order chi connectivity index (χ0) is 9.91. The molecule has 2 bridgehead atoms. The average molecular weight is 182 g/mol. The molecular weight excluding hydrogens is 160 g/mol. The second-order valence-corrected chi connectivity index (χ2v) is 5.88. The maximum absolute atomic E-state index is 10.6. The first-order valence-electron chi connectivity index (χ1n) is 5.60. The molecule has 1 heteroatoms. The summed E-state index contributed by atoms with van der Waals surface area (Å²) in [6, 6.07) is 0. The zero-order valence-electron chi connectivity index (χ0n) is 9.35. The van der Waals surface area contributed by atoms with E-state index in [0.29, 0.717) is 5.41 Å². The van der Waals surface area contributed by atoms with Crippen molar-refractivity contribution in [2.24, 2.45) is 16.7 Å². The molecule has 3 atom stereocenters. The van der Waals surface area contributed by atoms with Crippen molar-refractivity contribution in [1.29, 1.82) is 0 Å². The minimum Gasteiger partial charge on any atom is -0.389 e.